The minimum absolute atomic E-state index is 0.0430. The predicted octanol–water partition coefficient (Wildman–Crippen LogP) is 0.750. The molecular weight excluding hydrogens is 293 g/mol. The Bertz CT molecular complexity index is 369. The monoisotopic (exact) mass is 303 g/mol. The van der Waals surface area contributed by atoms with E-state index in [1.54, 1.807) is 11.1 Å². The normalized spacial score (nSPS) is 21.7. The molecule has 0 aromatic carbocycles. The summed E-state index contributed by atoms with van der Waals surface area (Å²) in [5.74, 6) is 0.0865. The van der Waals surface area contributed by atoms with Gasteiger partial charge in [0.25, 0.3) is 0 Å². The first-order chi connectivity index (χ1) is 6.68. The molecule has 1 aliphatic rings. The number of carbonyl (C=O) groups excluding carboxylic acids is 1. The first-order valence-corrected chi connectivity index (χ1v) is 5.43. The number of nitrogens with zero attached hydrogens (tertiary/aromatic N) is 2. The van der Waals surface area contributed by atoms with Crippen LogP contribution < -0.4 is 10.6 Å². The zero-order chi connectivity index (χ0) is 10.1. The van der Waals surface area contributed by atoms with Gasteiger partial charge in [0.15, 0.2) is 0 Å². The molecule has 4 nitrogen and oxygen atoms in total. The van der Waals surface area contributed by atoms with Gasteiger partial charge in [-0.25, -0.2) is 4.98 Å². The lowest BCUT2D eigenvalue weighted by molar-refractivity contribution is -0.117. The van der Waals surface area contributed by atoms with Gasteiger partial charge >= 0.3 is 0 Å². The third-order valence-corrected chi connectivity index (χ3v) is 3.02. The van der Waals surface area contributed by atoms with Crippen molar-refractivity contribution in [2.24, 2.45) is 5.73 Å². The van der Waals surface area contributed by atoms with Crippen molar-refractivity contribution >= 4 is 34.2 Å². The fourth-order valence-corrected chi connectivity index (χ4v) is 2.18. The first kappa shape index (κ1) is 9.85. The Labute approximate surface area is 95.6 Å². The van der Waals surface area contributed by atoms with E-state index in [9.17, 15) is 4.79 Å². The van der Waals surface area contributed by atoms with Gasteiger partial charge in [-0.3, -0.25) is 4.79 Å². The number of hydrogen-bond acceptors (Lipinski definition) is 3. The highest BCUT2D eigenvalue weighted by molar-refractivity contribution is 14.1. The van der Waals surface area contributed by atoms with Gasteiger partial charge in [0.1, 0.15) is 3.70 Å². The zero-order valence-electron chi connectivity index (χ0n) is 7.48. The summed E-state index contributed by atoms with van der Waals surface area (Å²) in [6.07, 6.45) is 2.15. The van der Waals surface area contributed by atoms with Crippen molar-refractivity contribution in [1.82, 2.24) is 4.98 Å². The van der Waals surface area contributed by atoms with Crippen LogP contribution in [0.4, 0.5) is 5.69 Å². The van der Waals surface area contributed by atoms with E-state index < -0.39 is 0 Å². The van der Waals surface area contributed by atoms with Crippen LogP contribution in [0.15, 0.2) is 18.3 Å². The number of nitrogens with two attached hydrogens (primary N) is 1. The van der Waals surface area contributed by atoms with Gasteiger partial charge < -0.3 is 10.6 Å². The Hall–Kier alpha value is -0.690. The minimum atomic E-state index is -0.0430. The largest absolute Gasteiger partial charge is 0.326 e. The second kappa shape index (κ2) is 3.82. The molecule has 5 heteroatoms. The van der Waals surface area contributed by atoms with Gasteiger partial charge in [0.05, 0.1) is 5.69 Å². The van der Waals surface area contributed by atoms with E-state index in [1.807, 2.05) is 12.1 Å². The molecule has 1 amide bonds. The number of hydrogen-bond donors (Lipinski definition) is 1. The lowest BCUT2D eigenvalue weighted by Gasteiger charge is -2.16. The number of aromatic nitrogens is 1. The molecule has 1 unspecified atom stereocenters. The van der Waals surface area contributed by atoms with Gasteiger partial charge in [-0.05, 0) is 34.7 Å². The highest BCUT2D eigenvalue weighted by atomic mass is 127. The number of carbonyl (C=O) groups is 1. The lowest BCUT2D eigenvalue weighted by Crippen LogP contribution is -2.28. The van der Waals surface area contributed by atoms with Crippen molar-refractivity contribution in [3.63, 3.8) is 0 Å². The van der Waals surface area contributed by atoms with Gasteiger partial charge in [-0.1, -0.05) is 0 Å². The maximum Gasteiger partial charge on any atom is 0.228 e. The van der Waals surface area contributed by atoms with Crippen LogP contribution >= 0.6 is 22.6 Å². The van der Waals surface area contributed by atoms with E-state index in [2.05, 4.69) is 27.6 Å². The minimum Gasteiger partial charge on any atom is -0.326 e. The van der Waals surface area contributed by atoms with E-state index >= 15 is 0 Å². The van der Waals surface area contributed by atoms with Crippen LogP contribution in [0.25, 0.3) is 0 Å². The molecule has 74 valence electrons. The predicted molar refractivity (Wildman–Crippen MR) is 61.9 cm³/mol. The molecule has 14 heavy (non-hydrogen) atoms. The topological polar surface area (TPSA) is 59.2 Å². The van der Waals surface area contributed by atoms with Crippen LogP contribution in [0, 0.1) is 3.70 Å². The third kappa shape index (κ3) is 1.74. The molecule has 0 radical (unpaired) electrons. The fraction of sp³-hybridized carbons (Fsp3) is 0.333. The maximum absolute atomic E-state index is 11.6. The molecule has 0 aliphatic carbocycles. The Kier molecular flexibility index (Phi) is 2.69. The first-order valence-electron chi connectivity index (χ1n) is 4.35. The van der Waals surface area contributed by atoms with E-state index in [0.29, 0.717) is 13.0 Å². The number of pyridine rings is 1. The number of halogens is 1. The molecule has 0 saturated carbocycles. The lowest BCUT2D eigenvalue weighted by atomic mass is 10.3. The van der Waals surface area contributed by atoms with Crippen LogP contribution in [0.3, 0.4) is 0 Å². The van der Waals surface area contributed by atoms with Crippen LogP contribution in [0.2, 0.25) is 0 Å². The van der Waals surface area contributed by atoms with Crippen LogP contribution in [0.1, 0.15) is 6.42 Å². The zero-order valence-corrected chi connectivity index (χ0v) is 9.64. The van der Waals surface area contributed by atoms with E-state index in [4.69, 9.17) is 5.73 Å². The molecule has 2 heterocycles. The Balaban J connectivity index is 2.32. The quantitative estimate of drug-likeness (QED) is 0.615. The van der Waals surface area contributed by atoms with Gasteiger partial charge in [0, 0.05) is 25.2 Å². The Morgan fingerprint density at radius 2 is 2.43 bits per heavy atom. The van der Waals surface area contributed by atoms with Crippen molar-refractivity contribution in [2.45, 2.75) is 12.5 Å². The van der Waals surface area contributed by atoms with Crippen LogP contribution in [-0.2, 0) is 4.79 Å². The summed E-state index contributed by atoms with van der Waals surface area (Å²) in [5, 5.41) is 0. The number of amides is 1. The third-order valence-electron chi connectivity index (χ3n) is 2.19. The smallest absolute Gasteiger partial charge is 0.228 e. The molecule has 1 atom stereocenters. The van der Waals surface area contributed by atoms with Crippen molar-refractivity contribution < 1.29 is 4.79 Å². The molecular formula is C9H10IN3O. The molecule has 2 rings (SSSR count). The van der Waals surface area contributed by atoms with Crippen molar-refractivity contribution in [3.8, 4) is 0 Å². The summed E-state index contributed by atoms with van der Waals surface area (Å²) in [5.41, 5.74) is 6.58. The van der Waals surface area contributed by atoms with E-state index in [0.717, 1.165) is 9.39 Å². The summed E-state index contributed by atoms with van der Waals surface area (Å²) < 4.78 is 0.840. The molecule has 1 aromatic heterocycles. The van der Waals surface area contributed by atoms with Gasteiger partial charge in [-0.2, -0.15) is 0 Å². The number of anilines is 1. The second-order valence-electron chi connectivity index (χ2n) is 3.28. The fourth-order valence-electron chi connectivity index (χ4n) is 1.55. The summed E-state index contributed by atoms with van der Waals surface area (Å²) in [7, 11) is 0. The molecule has 0 spiro atoms. The van der Waals surface area contributed by atoms with Gasteiger partial charge in [-0.15, -0.1) is 0 Å². The highest BCUT2D eigenvalue weighted by Crippen LogP contribution is 2.24. The van der Waals surface area contributed by atoms with Crippen LogP contribution in [-0.4, -0.2) is 23.5 Å². The van der Waals surface area contributed by atoms with Gasteiger partial charge in [0.2, 0.25) is 5.91 Å². The molecule has 1 aromatic rings. The van der Waals surface area contributed by atoms with Crippen molar-refractivity contribution in [2.75, 3.05) is 11.4 Å². The van der Waals surface area contributed by atoms with Crippen molar-refractivity contribution in [3.05, 3.63) is 22.0 Å². The van der Waals surface area contributed by atoms with E-state index in [-0.39, 0.29) is 11.9 Å². The maximum atomic E-state index is 11.6. The summed E-state index contributed by atoms with van der Waals surface area (Å²) in [4.78, 5) is 17.4. The van der Waals surface area contributed by atoms with Crippen LogP contribution in [0.5, 0.6) is 0 Å². The molecule has 1 saturated heterocycles. The molecule has 1 fully saturated rings. The van der Waals surface area contributed by atoms with E-state index in [1.165, 1.54) is 0 Å². The summed E-state index contributed by atoms with van der Waals surface area (Å²) >= 11 is 2.12. The second-order valence-corrected chi connectivity index (χ2v) is 4.30. The average Bonchev–Trinajstić information content (AvgIpc) is 2.46. The summed E-state index contributed by atoms with van der Waals surface area (Å²) in [6.45, 7) is 0.598. The standard InChI is InChI=1S/C9H10IN3O/c10-9-7(2-1-3-12-9)13-5-6(11)4-8(13)14/h1-3,6H,4-5,11H2. The van der Waals surface area contributed by atoms with Crippen molar-refractivity contribution in [1.29, 1.82) is 0 Å². The Morgan fingerprint density at radius 3 is 3.00 bits per heavy atom. The Morgan fingerprint density at radius 1 is 1.64 bits per heavy atom. The molecule has 2 N–H and O–H groups in total. The average molecular weight is 303 g/mol. The number of rotatable bonds is 1. The molecule has 1 aliphatic heterocycles. The summed E-state index contributed by atoms with van der Waals surface area (Å²) in [6, 6.07) is 3.68. The molecule has 0 bridgehead atoms. The SMILES string of the molecule is NC1CC(=O)N(c2cccnc2I)C1. The highest BCUT2D eigenvalue weighted by Gasteiger charge is 2.29.